The van der Waals surface area contributed by atoms with E-state index in [-0.39, 0.29) is 11.6 Å². The van der Waals surface area contributed by atoms with Gasteiger partial charge in [0.25, 0.3) is 0 Å². The van der Waals surface area contributed by atoms with Crippen LogP contribution >= 0.6 is 0 Å². The van der Waals surface area contributed by atoms with Crippen LogP contribution < -0.4 is 10.2 Å². The Morgan fingerprint density at radius 3 is 2.58 bits per heavy atom. The minimum Gasteiger partial charge on any atom is -0.508 e. The van der Waals surface area contributed by atoms with Gasteiger partial charge in [-0.15, -0.1) is 0 Å². The molecule has 33 heavy (non-hydrogen) atoms. The summed E-state index contributed by atoms with van der Waals surface area (Å²) in [6, 6.07) is 15.8. The Hall–Kier alpha value is -3.25. The van der Waals surface area contributed by atoms with Crippen LogP contribution in [0.1, 0.15) is 32.0 Å². The van der Waals surface area contributed by atoms with Gasteiger partial charge in [0.05, 0.1) is 0 Å². The first-order chi connectivity index (χ1) is 16.1. The van der Waals surface area contributed by atoms with Gasteiger partial charge in [0.15, 0.2) is 5.82 Å². The predicted molar refractivity (Wildman–Crippen MR) is 130 cm³/mol. The van der Waals surface area contributed by atoms with Gasteiger partial charge < -0.3 is 15.3 Å². The van der Waals surface area contributed by atoms with Gasteiger partial charge in [0, 0.05) is 42.5 Å². The van der Waals surface area contributed by atoms with Crippen LogP contribution in [0.25, 0.3) is 32.8 Å². The number of halogens is 1. The van der Waals surface area contributed by atoms with E-state index in [9.17, 15) is 5.11 Å². The van der Waals surface area contributed by atoms with Gasteiger partial charge >= 0.3 is 0 Å². The molecule has 168 valence electrons. The first-order valence-electron chi connectivity index (χ1n) is 11.8. The number of benzene rings is 3. The molecule has 6 rings (SSSR count). The van der Waals surface area contributed by atoms with Gasteiger partial charge in [0.2, 0.25) is 0 Å². The maximum absolute atomic E-state index is 16.1. The van der Waals surface area contributed by atoms with Crippen molar-refractivity contribution in [3.8, 4) is 16.9 Å². The third-order valence-electron chi connectivity index (χ3n) is 6.96. The molecular weight excluding hydrogens is 415 g/mol. The summed E-state index contributed by atoms with van der Waals surface area (Å²) in [7, 11) is 0. The second-order valence-electron chi connectivity index (χ2n) is 9.29. The number of hydrogen-bond donors (Lipinski definition) is 2. The number of phenols is 1. The van der Waals surface area contributed by atoms with Crippen LogP contribution in [0.4, 0.5) is 10.2 Å². The summed E-state index contributed by atoms with van der Waals surface area (Å²) in [5.41, 5.74) is 1.48. The molecule has 6 heteroatoms. The summed E-state index contributed by atoms with van der Waals surface area (Å²) in [5.74, 6) is 1.28. The van der Waals surface area contributed by atoms with Crippen molar-refractivity contribution in [1.29, 1.82) is 0 Å². The van der Waals surface area contributed by atoms with Crippen molar-refractivity contribution >= 4 is 27.5 Å². The number of aryl methyl sites for hydroxylation is 1. The van der Waals surface area contributed by atoms with Crippen molar-refractivity contribution in [2.24, 2.45) is 0 Å². The molecule has 0 radical (unpaired) electrons. The van der Waals surface area contributed by atoms with Crippen molar-refractivity contribution in [3.63, 3.8) is 0 Å². The molecule has 4 aromatic rings. The Morgan fingerprint density at radius 2 is 1.79 bits per heavy atom. The molecule has 2 N–H and O–H groups in total. The van der Waals surface area contributed by atoms with Crippen LogP contribution in [-0.2, 0) is 6.42 Å². The fourth-order valence-electron chi connectivity index (χ4n) is 5.46. The lowest BCUT2D eigenvalue weighted by Crippen LogP contribution is -2.51. The normalized spacial score (nSPS) is 20.1. The second-order valence-corrected chi connectivity index (χ2v) is 9.29. The van der Waals surface area contributed by atoms with Crippen molar-refractivity contribution in [1.82, 2.24) is 15.3 Å². The second kappa shape index (κ2) is 7.96. The molecule has 0 spiro atoms. The van der Waals surface area contributed by atoms with E-state index in [1.165, 1.54) is 12.8 Å². The Morgan fingerprint density at radius 1 is 1.00 bits per heavy atom. The molecule has 2 aliphatic rings. The zero-order chi connectivity index (χ0) is 22.5. The topological polar surface area (TPSA) is 61.3 Å². The molecule has 0 aliphatic carbocycles. The highest BCUT2D eigenvalue weighted by molar-refractivity contribution is 6.01. The van der Waals surface area contributed by atoms with Crippen LogP contribution in [0.15, 0.2) is 48.5 Å². The minimum absolute atomic E-state index is 0.120. The fourth-order valence-corrected chi connectivity index (χ4v) is 5.46. The Balaban J connectivity index is 1.55. The number of nitrogens with zero attached hydrogens (tertiary/aromatic N) is 3. The van der Waals surface area contributed by atoms with Gasteiger partial charge in [0.1, 0.15) is 22.9 Å². The molecule has 1 aromatic heterocycles. The first-order valence-corrected chi connectivity index (χ1v) is 11.8. The van der Waals surface area contributed by atoms with Gasteiger partial charge in [-0.25, -0.2) is 14.4 Å². The Labute approximate surface area is 192 Å². The Kier molecular flexibility index (Phi) is 4.91. The average Bonchev–Trinajstić information content (AvgIpc) is 3.16. The lowest BCUT2D eigenvalue weighted by atomic mass is 9.96. The fraction of sp³-hybridized carbons (Fsp3) is 0.333. The van der Waals surface area contributed by atoms with Crippen LogP contribution in [0, 0.1) is 5.82 Å². The SMILES string of the molecule is CCCc1nc(N2C[C@H]3CC[C@@H](C2)N3)c2ccc(-c3cc(O)cc4ccccc34)c(F)c2n1. The van der Waals surface area contributed by atoms with E-state index < -0.39 is 0 Å². The molecule has 2 aliphatic heterocycles. The molecule has 3 heterocycles. The third kappa shape index (κ3) is 3.49. The van der Waals surface area contributed by atoms with E-state index in [0.717, 1.165) is 41.5 Å². The largest absolute Gasteiger partial charge is 0.508 e. The molecule has 0 saturated carbocycles. The van der Waals surface area contributed by atoms with E-state index in [4.69, 9.17) is 4.98 Å². The Bertz CT molecular complexity index is 1360. The first kappa shape index (κ1) is 20.4. The molecular formula is C27H27FN4O. The van der Waals surface area contributed by atoms with Crippen LogP contribution in [-0.4, -0.2) is 40.2 Å². The summed E-state index contributed by atoms with van der Waals surface area (Å²) >= 11 is 0. The number of hydrogen-bond acceptors (Lipinski definition) is 5. The van der Waals surface area contributed by atoms with Crippen molar-refractivity contribution in [2.45, 2.75) is 44.7 Å². The van der Waals surface area contributed by atoms with E-state index in [1.54, 1.807) is 12.1 Å². The lowest BCUT2D eigenvalue weighted by Gasteiger charge is -2.34. The average molecular weight is 443 g/mol. The molecule has 0 unspecified atom stereocenters. The molecule has 2 atom stereocenters. The number of aromatic nitrogens is 2. The highest BCUT2D eigenvalue weighted by Gasteiger charge is 2.33. The summed E-state index contributed by atoms with van der Waals surface area (Å²) in [5, 5.41) is 16.5. The quantitative estimate of drug-likeness (QED) is 0.456. The van der Waals surface area contributed by atoms with Gasteiger partial charge in [-0.2, -0.15) is 0 Å². The number of aromatic hydroxyl groups is 1. The van der Waals surface area contributed by atoms with E-state index in [0.29, 0.717) is 41.0 Å². The predicted octanol–water partition coefficient (Wildman–Crippen LogP) is 5.19. The van der Waals surface area contributed by atoms with Gasteiger partial charge in [-0.05, 0) is 53.8 Å². The summed E-state index contributed by atoms with van der Waals surface area (Å²) in [6.07, 6.45) is 3.96. The zero-order valence-corrected chi connectivity index (χ0v) is 18.7. The van der Waals surface area contributed by atoms with Crippen molar-refractivity contribution < 1.29 is 9.50 Å². The molecule has 0 amide bonds. The summed E-state index contributed by atoms with van der Waals surface area (Å²) < 4.78 is 16.1. The molecule has 5 nitrogen and oxygen atoms in total. The van der Waals surface area contributed by atoms with Crippen LogP contribution in [0.2, 0.25) is 0 Å². The zero-order valence-electron chi connectivity index (χ0n) is 18.7. The maximum atomic E-state index is 16.1. The van der Waals surface area contributed by atoms with E-state index in [1.807, 2.05) is 36.4 Å². The van der Waals surface area contributed by atoms with E-state index >= 15 is 4.39 Å². The standard InChI is InChI=1S/C27H27FN4O/c1-2-5-24-30-26-22(27(31-24)32-14-17-8-9-18(15-32)29-17)11-10-21(25(26)28)23-13-19(33)12-16-6-3-4-7-20(16)23/h3-4,6-7,10-13,17-18,29,33H,2,5,8-9,14-15H2,1H3/t17-,18+. The van der Waals surface area contributed by atoms with Crippen molar-refractivity contribution in [2.75, 3.05) is 18.0 Å². The number of fused-ring (bicyclic) bond motifs is 4. The highest BCUT2D eigenvalue weighted by atomic mass is 19.1. The summed E-state index contributed by atoms with van der Waals surface area (Å²) in [6.45, 7) is 3.85. The highest BCUT2D eigenvalue weighted by Crippen LogP contribution is 2.38. The smallest absolute Gasteiger partial charge is 0.157 e. The molecule has 3 aromatic carbocycles. The maximum Gasteiger partial charge on any atom is 0.157 e. The number of piperazine rings is 1. The number of anilines is 1. The van der Waals surface area contributed by atoms with Gasteiger partial charge in [-0.3, -0.25) is 0 Å². The van der Waals surface area contributed by atoms with Crippen LogP contribution in [0.3, 0.4) is 0 Å². The van der Waals surface area contributed by atoms with E-state index in [2.05, 4.69) is 22.1 Å². The number of phenolic OH excluding ortho intramolecular Hbond substituents is 1. The number of nitrogens with one attached hydrogen (secondary N) is 1. The minimum atomic E-state index is -0.359. The lowest BCUT2D eigenvalue weighted by molar-refractivity contribution is 0.464. The molecule has 2 bridgehead atoms. The van der Waals surface area contributed by atoms with Crippen LogP contribution in [0.5, 0.6) is 5.75 Å². The molecule has 2 fully saturated rings. The third-order valence-corrected chi connectivity index (χ3v) is 6.96. The number of rotatable bonds is 4. The monoisotopic (exact) mass is 442 g/mol. The van der Waals surface area contributed by atoms with Crippen molar-refractivity contribution in [3.05, 3.63) is 60.2 Å². The summed E-state index contributed by atoms with van der Waals surface area (Å²) in [4.78, 5) is 11.9. The molecule has 2 saturated heterocycles. The van der Waals surface area contributed by atoms with Gasteiger partial charge in [-0.1, -0.05) is 37.3 Å².